The van der Waals surface area contributed by atoms with Gasteiger partial charge in [-0.25, -0.2) is 4.68 Å². The van der Waals surface area contributed by atoms with Crippen molar-refractivity contribution in [3.8, 4) is 5.75 Å². The first kappa shape index (κ1) is 25.1. The minimum atomic E-state index is -0.443. The van der Waals surface area contributed by atoms with Gasteiger partial charge >= 0.3 is 0 Å². The summed E-state index contributed by atoms with van der Waals surface area (Å²) in [5, 5.41) is 12.6. The molecule has 0 bridgehead atoms. The van der Waals surface area contributed by atoms with Gasteiger partial charge in [0, 0.05) is 28.0 Å². The van der Waals surface area contributed by atoms with Crippen LogP contribution in [0.4, 0.5) is 5.82 Å². The summed E-state index contributed by atoms with van der Waals surface area (Å²) in [5.74, 6) is 0.487. The Morgan fingerprint density at radius 2 is 1.63 bits per heavy atom. The quantitative estimate of drug-likeness (QED) is 0.288. The van der Waals surface area contributed by atoms with Crippen molar-refractivity contribution >= 4 is 46.5 Å². The number of rotatable bonds is 7. The lowest BCUT2D eigenvalue weighted by Gasteiger charge is -2.19. The van der Waals surface area contributed by atoms with Crippen LogP contribution in [-0.2, 0) is 18.7 Å². The maximum atomic E-state index is 12.7. The fraction of sp³-hybridized carbons (Fsp3) is 0.240. The smallest absolute Gasteiger partial charge is 0.277 e. The van der Waals surface area contributed by atoms with Crippen molar-refractivity contribution in [2.75, 3.05) is 5.32 Å². The van der Waals surface area contributed by atoms with Crippen LogP contribution in [0.25, 0.3) is 0 Å². The Hall–Kier alpha value is -3.00. The SMILES string of the molecule is CC(C)(C)c1ccc(OCn2ccc(C(=O)Nc3nn(Cc4c(Cl)cccc4Cl)cc3Cl)n2)cc1. The highest BCUT2D eigenvalue weighted by Crippen LogP contribution is 2.27. The minimum Gasteiger partial charge on any atom is -0.471 e. The maximum Gasteiger partial charge on any atom is 0.277 e. The third-order valence-corrected chi connectivity index (χ3v) is 6.27. The van der Waals surface area contributed by atoms with Crippen LogP contribution in [0.5, 0.6) is 5.75 Å². The van der Waals surface area contributed by atoms with Gasteiger partial charge in [0.05, 0.1) is 6.54 Å². The van der Waals surface area contributed by atoms with Crippen molar-refractivity contribution in [1.82, 2.24) is 19.6 Å². The monoisotopic (exact) mass is 531 g/mol. The highest BCUT2D eigenvalue weighted by Gasteiger charge is 2.16. The number of anilines is 1. The molecule has 2 heterocycles. The van der Waals surface area contributed by atoms with Gasteiger partial charge in [-0.05, 0) is 41.3 Å². The van der Waals surface area contributed by atoms with Gasteiger partial charge in [-0.1, -0.05) is 73.8 Å². The number of aromatic nitrogens is 4. The molecule has 0 fully saturated rings. The molecule has 0 aliphatic heterocycles. The molecule has 4 aromatic rings. The van der Waals surface area contributed by atoms with Gasteiger partial charge in [-0.3, -0.25) is 9.48 Å². The van der Waals surface area contributed by atoms with Crippen LogP contribution in [0, 0.1) is 0 Å². The fourth-order valence-corrected chi connectivity index (χ4v) is 4.04. The molecule has 0 saturated heterocycles. The molecule has 4 rings (SSSR count). The molecule has 0 aliphatic carbocycles. The first-order chi connectivity index (χ1) is 16.6. The largest absolute Gasteiger partial charge is 0.471 e. The average molecular weight is 533 g/mol. The Balaban J connectivity index is 1.37. The van der Waals surface area contributed by atoms with Crippen LogP contribution < -0.4 is 10.1 Å². The third kappa shape index (κ3) is 6.17. The van der Waals surface area contributed by atoms with Crippen molar-refractivity contribution in [3.05, 3.63) is 92.8 Å². The van der Waals surface area contributed by atoms with Crippen LogP contribution in [0.3, 0.4) is 0 Å². The summed E-state index contributed by atoms with van der Waals surface area (Å²) in [6.07, 6.45) is 3.26. The zero-order chi connectivity index (χ0) is 25.2. The number of hydrogen-bond donors (Lipinski definition) is 1. The number of benzene rings is 2. The van der Waals surface area contributed by atoms with E-state index < -0.39 is 5.91 Å². The van der Waals surface area contributed by atoms with Crippen molar-refractivity contribution in [3.63, 3.8) is 0 Å². The summed E-state index contributed by atoms with van der Waals surface area (Å²) in [6.45, 7) is 6.94. The van der Waals surface area contributed by atoms with Crippen LogP contribution in [0.15, 0.2) is 60.9 Å². The third-order valence-electron chi connectivity index (χ3n) is 5.29. The number of ether oxygens (including phenoxy) is 1. The molecule has 0 spiro atoms. The molecule has 0 atom stereocenters. The number of nitrogens with one attached hydrogen (secondary N) is 1. The molecule has 1 amide bonds. The highest BCUT2D eigenvalue weighted by molar-refractivity contribution is 6.36. The predicted molar refractivity (Wildman–Crippen MR) is 139 cm³/mol. The second-order valence-corrected chi connectivity index (χ2v) is 10.2. The van der Waals surface area contributed by atoms with Gasteiger partial charge in [0.15, 0.2) is 18.2 Å². The Kier molecular flexibility index (Phi) is 7.40. The van der Waals surface area contributed by atoms with E-state index >= 15 is 0 Å². The molecule has 0 radical (unpaired) electrons. The van der Waals surface area contributed by atoms with E-state index in [-0.39, 0.29) is 28.7 Å². The number of amides is 1. The summed E-state index contributed by atoms with van der Waals surface area (Å²) >= 11 is 18.7. The standard InChI is InChI=1S/C25H24Cl3N5O2/c1-25(2,3)16-7-9-17(10-8-16)35-15-32-12-11-22(30-32)24(34)29-23-21(28)14-33(31-23)13-18-19(26)5-4-6-20(18)27/h4-12,14H,13,15H2,1-3H3,(H,29,31,34). The summed E-state index contributed by atoms with van der Waals surface area (Å²) in [6, 6.07) is 14.8. The van der Waals surface area contributed by atoms with E-state index in [2.05, 4.69) is 36.3 Å². The van der Waals surface area contributed by atoms with Crippen LogP contribution >= 0.6 is 34.8 Å². The van der Waals surface area contributed by atoms with Gasteiger partial charge in [-0.2, -0.15) is 10.2 Å². The first-order valence-corrected chi connectivity index (χ1v) is 12.0. The predicted octanol–water partition coefficient (Wildman–Crippen LogP) is 6.67. The summed E-state index contributed by atoms with van der Waals surface area (Å²) in [5.41, 5.74) is 2.21. The van der Waals surface area contributed by atoms with E-state index in [1.54, 1.807) is 41.3 Å². The lowest BCUT2D eigenvalue weighted by Crippen LogP contribution is -2.15. The van der Waals surface area contributed by atoms with Crippen molar-refractivity contribution in [2.45, 2.75) is 39.5 Å². The molecule has 0 unspecified atom stereocenters. The van der Waals surface area contributed by atoms with E-state index in [1.807, 2.05) is 24.3 Å². The molecule has 2 aromatic heterocycles. The highest BCUT2D eigenvalue weighted by atomic mass is 35.5. The summed E-state index contributed by atoms with van der Waals surface area (Å²) in [7, 11) is 0. The molecule has 1 N–H and O–H groups in total. The zero-order valence-electron chi connectivity index (χ0n) is 19.4. The van der Waals surface area contributed by atoms with Crippen molar-refractivity contribution < 1.29 is 9.53 Å². The molecule has 2 aromatic carbocycles. The van der Waals surface area contributed by atoms with Crippen molar-refractivity contribution in [1.29, 1.82) is 0 Å². The lowest BCUT2D eigenvalue weighted by atomic mass is 9.87. The second-order valence-electron chi connectivity index (χ2n) is 8.97. The number of nitrogens with zero attached hydrogens (tertiary/aromatic N) is 4. The summed E-state index contributed by atoms with van der Waals surface area (Å²) in [4.78, 5) is 12.7. The number of halogens is 3. The fourth-order valence-electron chi connectivity index (χ4n) is 3.33. The molecular weight excluding hydrogens is 509 g/mol. The number of carbonyl (C=O) groups is 1. The number of hydrogen-bond acceptors (Lipinski definition) is 4. The van der Waals surface area contributed by atoms with E-state index in [9.17, 15) is 4.79 Å². The Morgan fingerprint density at radius 3 is 2.29 bits per heavy atom. The molecule has 0 saturated carbocycles. The molecule has 10 heteroatoms. The van der Waals surface area contributed by atoms with Gasteiger partial charge in [0.25, 0.3) is 5.91 Å². The van der Waals surface area contributed by atoms with Gasteiger partial charge < -0.3 is 10.1 Å². The molecule has 35 heavy (non-hydrogen) atoms. The minimum absolute atomic E-state index is 0.0726. The number of carbonyl (C=O) groups excluding carboxylic acids is 1. The molecule has 0 aliphatic rings. The van der Waals surface area contributed by atoms with Crippen LogP contribution in [0.2, 0.25) is 15.1 Å². The maximum absolute atomic E-state index is 12.7. The first-order valence-electron chi connectivity index (χ1n) is 10.8. The lowest BCUT2D eigenvalue weighted by molar-refractivity contribution is 0.101. The average Bonchev–Trinajstić information content (AvgIpc) is 3.41. The normalized spacial score (nSPS) is 11.5. The van der Waals surface area contributed by atoms with Gasteiger partial charge in [0.1, 0.15) is 10.8 Å². The van der Waals surface area contributed by atoms with E-state index in [0.29, 0.717) is 22.2 Å². The van der Waals surface area contributed by atoms with Crippen LogP contribution in [-0.4, -0.2) is 25.5 Å². The van der Waals surface area contributed by atoms with E-state index in [4.69, 9.17) is 39.5 Å². The Labute approximate surface area is 218 Å². The topological polar surface area (TPSA) is 74.0 Å². The molecule has 7 nitrogen and oxygen atoms in total. The van der Waals surface area contributed by atoms with Crippen molar-refractivity contribution in [2.24, 2.45) is 0 Å². The Bertz CT molecular complexity index is 1320. The molecule has 182 valence electrons. The zero-order valence-corrected chi connectivity index (χ0v) is 21.7. The van der Waals surface area contributed by atoms with E-state index in [0.717, 1.165) is 5.75 Å². The molecular formula is C25H24Cl3N5O2. The Morgan fingerprint density at radius 1 is 0.943 bits per heavy atom. The second kappa shape index (κ2) is 10.3. The van der Waals surface area contributed by atoms with Gasteiger partial charge in [0.2, 0.25) is 0 Å². The van der Waals surface area contributed by atoms with Gasteiger partial charge in [-0.15, -0.1) is 0 Å². The van der Waals surface area contributed by atoms with Crippen LogP contribution in [0.1, 0.15) is 42.4 Å². The summed E-state index contributed by atoms with van der Waals surface area (Å²) < 4.78 is 8.87. The van der Waals surface area contributed by atoms with E-state index in [1.165, 1.54) is 10.2 Å².